The maximum absolute atomic E-state index is 13.5. The van der Waals surface area contributed by atoms with Crippen LogP contribution in [0.25, 0.3) is 0 Å². The van der Waals surface area contributed by atoms with Crippen molar-refractivity contribution in [3.8, 4) is 0 Å². The number of nitrogens with zero attached hydrogens (tertiary/aromatic N) is 1. The molecular weight excluding hydrogens is 414 g/mol. The summed E-state index contributed by atoms with van der Waals surface area (Å²) in [5, 5.41) is 6.28. The Morgan fingerprint density at radius 3 is 1.94 bits per heavy atom. The van der Waals surface area contributed by atoms with Crippen molar-refractivity contribution in [2.45, 2.75) is 13.8 Å². The minimum atomic E-state index is -0.772. The van der Waals surface area contributed by atoms with Gasteiger partial charge in [0, 0.05) is 17.1 Å². The van der Waals surface area contributed by atoms with Crippen LogP contribution in [-0.4, -0.2) is 23.3 Å². The highest BCUT2D eigenvalue weighted by atomic mass is 35.5. The van der Waals surface area contributed by atoms with Crippen LogP contribution in [0.15, 0.2) is 84.2 Å². The molecule has 0 aliphatic carbocycles. The lowest BCUT2D eigenvalue weighted by atomic mass is 10.0. The molecule has 2 aromatic carbocycles. The third-order valence-corrected chi connectivity index (χ3v) is 4.56. The number of rotatable bonds is 8. The van der Waals surface area contributed by atoms with Crippen LogP contribution in [0, 0.1) is 6.92 Å². The van der Waals surface area contributed by atoms with Crippen LogP contribution in [0.3, 0.4) is 0 Å². The SMILES string of the molecule is CCOC(=O)C(C(=O)c1ccc(C)nc1Cl)=C(Nc1ccccc1)Nc1ccccc1. The summed E-state index contributed by atoms with van der Waals surface area (Å²) in [6, 6.07) is 21.6. The van der Waals surface area contributed by atoms with Gasteiger partial charge in [0.2, 0.25) is 5.78 Å². The average molecular weight is 436 g/mol. The zero-order chi connectivity index (χ0) is 22.2. The van der Waals surface area contributed by atoms with Gasteiger partial charge in [-0.3, -0.25) is 4.79 Å². The fourth-order valence-electron chi connectivity index (χ4n) is 2.83. The number of carbonyl (C=O) groups excluding carboxylic acids is 2. The minimum Gasteiger partial charge on any atom is -0.462 e. The van der Waals surface area contributed by atoms with Crippen molar-refractivity contribution in [3.63, 3.8) is 0 Å². The maximum atomic E-state index is 13.5. The molecule has 0 spiro atoms. The highest BCUT2D eigenvalue weighted by Crippen LogP contribution is 2.23. The number of aryl methyl sites for hydroxylation is 1. The molecule has 0 unspecified atom stereocenters. The fourth-order valence-corrected chi connectivity index (χ4v) is 3.11. The Labute approximate surface area is 185 Å². The number of hydrogen-bond donors (Lipinski definition) is 2. The molecule has 0 amide bonds. The third-order valence-electron chi connectivity index (χ3n) is 4.28. The summed E-state index contributed by atoms with van der Waals surface area (Å²) in [5.41, 5.74) is 1.93. The third kappa shape index (κ3) is 5.71. The van der Waals surface area contributed by atoms with Crippen molar-refractivity contribution in [1.82, 2.24) is 4.98 Å². The number of hydrogen-bond acceptors (Lipinski definition) is 6. The molecule has 1 aromatic heterocycles. The molecule has 0 saturated heterocycles. The lowest BCUT2D eigenvalue weighted by Gasteiger charge is -2.18. The van der Waals surface area contributed by atoms with E-state index in [2.05, 4.69) is 15.6 Å². The Kier molecular flexibility index (Phi) is 7.40. The molecule has 3 rings (SSSR count). The summed E-state index contributed by atoms with van der Waals surface area (Å²) in [4.78, 5) is 30.5. The number of ether oxygens (including phenoxy) is 1. The first-order chi connectivity index (χ1) is 15.0. The van der Waals surface area contributed by atoms with Gasteiger partial charge in [-0.25, -0.2) is 9.78 Å². The average Bonchev–Trinajstić information content (AvgIpc) is 2.75. The monoisotopic (exact) mass is 435 g/mol. The van der Waals surface area contributed by atoms with E-state index >= 15 is 0 Å². The van der Waals surface area contributed by atoms with E-state index in [0.717, 1.165) is 0 Å². The van der Waals surface area contributed by atoms with Gasteiger partial charge in [0.25, 0.3) is 0 Å². The van der Waals surface area contributed by atoms with Crippen LogP contribution in [-0.2, 0) is 9.53 Å². The Morgan fingerprint density at radius 2 is 1.45 bits per heavy atom. The number of Topliss-reactive ketones (excluding diaryl/α,β-unsaturated/α-hetero) is 1. The van der Waals surface area contributed by atoms with Gasteiger partial charge in [-0.15, -0.1) is 0 Å². The van der Waals surface area contributed by atoms with Gasteiger partial charge in [0.15, 0.2) is 0 Å². The summed E-state index contributed by atoms with van der Waals surface area (Å²) in [6.45, 7) is 3.55. The maximum Gasteiger partial charge on any atom is 0.345 e. The van der Waals surface area contributed by atoms with Crippen molar-refractivity contribution < 1.29 is 14.3 Å². The number of benzene rings is 2. The lowest BCUT2D eigenvalue weighted by molar-refractivity contribution is -0.138. The van der Waals surface area contributed by atoms with Crippen molar-refractivity contribution in [2.24, 2.45) is 0 Å². The van der Waals surface area contributed by atoms with Gasteiger partial charge in [-0.2, -0.15) is 0 Å². The molecule has 0 aliphatic rings. The second-order valence-corrected chi connectivity index (χ2v) is 6.93. The van der Waals surface area contributed by atoms with E-state index in [-0.39, 0.29) is 28.7 Å². The van der Waals surface area contributed by atoms with Crippen molar-refractivity contribution in [3.05, 3.63) is 101 Å². The van der Waals surface area contributed by atoms with E-state index in [9.17, 15) is 9.59 Å². The predicted molar refractivity (Wildman–Crippen MR) is 122 cm³/mol. The zero-order valence-electron chi connectivity index (χ0n) is 17.2. The van der Waals surface area contributed by atoms with E-state index in [1.807, 2.05) is 60.7 Å². The van der Waals surface area contributed by atoms with Gasteiger partial charge in [0.1, 0.15) is 16.5 Å². The van der Waals surface area contributed by atoms with E-state index < -0.39 is 11.8 Å². The van der Waals surface area contributed by atoms with Crippen LogP contribution in [0.2, 0.25) is 5.15 Å². The summed E-state index contributed by atoms with van der Waals surface area (Å²) in [6.07, 6.45) is 0. The molecule has 158 valence electrons. The molecule has 7 heteroatoms. The highest BCUT2D eigenvalue weighted by Gasteiger charge is 2.28. The second-order valence-electron chi connectivity index (χ2n) is 6.57. The summed E-state index contributed by atoms with van der Waals surface area (Å²) >= 11 is 6.23. The summed E-state index contributed by atoms with van der Waals surface area (Å²) < 4.78 is 5.21. The van der Waals surface area contributed by atoms with Gasteiger partial charge in [-0.05, 0) is 50.2 Å². The minimum absolute atomic E-state index is 0.0190. The molecule has 6 nitrogen and oxygen atoms in total. The van der Waals surface area contributed by atoms with Gasteiger partial charge in [-0.1, -0.05) is 48.0 Å². The molecule has 0 aliphatic heterocycles. The van der Waals surface area contributed by atoms with Gasteiger partial charge >= 0.3 is 5.97 Å². The second kappa shape index (κ2) is 10.4. The van der Waals surface area contributed by atoms with Crippen LogP contribution < -0.4 is 10.6 Å². The normalized spacial score (nSPS) is 10.2. The molecular formula is C24H22ClN3O3. The largest absolute Gasteiger partial charge is 0.462 e. The number of anilines is 2. The number of halogens is 1. The van der Waals surface area contributed by atoms with Crippen molar-refractivity contribution in [2.75, 3.05) is 17.2 Å². The van der Waals surface area contributed by atoms with Gasteiger partial charge < -0.3 is 15.4 Å². The number of nitrogens with one attached hydrogen (secondary N) is 2. The van der Waals surface area contributed by atoms with E-state index in [0.29, 0.717) is 17.1 Å². The molecule has 0 atom stereocenters. The first-order valence-electron chi connectivity index (χ1n) is 9.73. The quantitative estimate of drug-likeness (QED) is 0.126. The topological polar surface area (TPSA) is 80.3 Å². The molecule has 0 radical (unpaired) electrons. The zero-order valence-corrected chi connectivity index (χ0v) is 17.9. The number of aromatic nitrogens is 1. The molecule has 0 bridgehead atoms. The lowest BCUT2D eigenvalue weighted by Crippen LogP contribution is -2.25. The molecule has 0 fully saturated rings. The van der Waals surface area contributed by atoms with E-state index in [1.54, 1.807) is 26.0 Å². The fraction of sp³-hybridized carbons (Fsp3) is 0.125. The van der Waals surface area contributed by atoms with E-state index in [4.69, 9.17) is 16.3 Å². The Hall–Kier alpha value is -3.64. The Morgan fingerprint density at radius 1 is 0.903 bits per heavy atom. The molecule has 0 saturated carbocycles. The Balaban J connectivity index is 2.15. The first kappa shape index (κ1) is 22.1. The van der Waals surface area contributed by atoms with Crippen LogP contribution in [0.4, 0.5) is 11.4 Å². The number of ketones is 1. The van der Waals surface area contributed by atoms with Gasteiger partial charge in [0.05, 0.1) is 12.2 Å². The Bertz CT molecular complexity index is 1060. The van der Waals surface area contributed by atoms with Crippen LogP contribution >= 0.6 is 11.6 Å². The standard InChI is InChI=1S/C24H22ClN3O3/c1-3-31-24(30)20(21(29)19-15-14-16(2)26-22(19)25)23(27-17-10-6-4-7-11-17)28-18-12-8-5-9-13-18/h4-15,27-28H,3H2,1-2H3. The molecule has 2 N–H and O–H groups in total. The van der Waals surface area contributed by atoms with Crippen molar-refractivity contribution >= 4 is 34.7 Å². The van der Waals surface area contributed by atoms with Crippen LogP contribution in [0.1, 0.15) is 23.0 Å². The smallest absolute Gasteiger partial charge is 0.345 e. The number of para-hydroxylation sites is 2. The summed E-state index contributed by atoms with van der Waals surface area (Å²) in [5.74, 6) is -1.19. The first-order valence-corrected chi connectivity index (χ1v) is 10.1. The molecule has 1 heterocycles. The van der Waals surface area contributed by atoms with E-state index in [1.165, 1.54) is 0 Å². The highest BCUT2D eigenvalue weighted by molar-refractivity contribution is 6.36. The van der Waals surface area contributed by atoms with Crippen molar-refractivity contribution in [1.29, 1.82) is 0 Å². The summed E-state index contributed by atoms with van der Waals surface area (Å²) in [7, 11) is 0. The predicted octanol–water partition coefficient (Wildman–Crippen LogP) is 5.23. The number of esters is 1. The molecule has 3 aromatic rings. The van der Waals surface area contributed by atoms with Crippen LogP contribution in [0.5, 0.6) is 0 Å². The number of carbonyl (C=O) groups is 2. The number of pyridine rings is 1. The molecule has 31 heavy (non-hydrogen) atoms.